The molecule has 2 aliphatic rings. The van der Waals surface area contributed by atoms with Gasteiger partial charge in [0.15, 0.2) is 5.82 Å². The van der Waals surface area contributed by atoms with Crippen molar-refractivity contribution in [3.05, 3.63) is 120 Å². The third-order valence-electron chi connectivity index (χ3n) is 11.0. The molecule has 0 radical (unpaired) electrons. The molecule has 0 aliphatic carbocycles. The van der Waals surface area contributed by atoms with Crippen molar-refractivity contribution in [3.63, 3.8) is 0 Å². The number of carbonyl (C=O) groups excluding carboxylic acids is 5. The molecule has 312 valence electrons. The van der Waals surface area contributed by atoms with Crippen LogP contribution in [0, 0.1) is 5.82 Å². The summed E-state index contributed by atoms with van der Waals surface area (Å²) >= 11 is 0. The van der Waals surface area contributed by atoms with Gasteiger partial charge in [-0.1, -0.05) is 72.8 Å². The number of anilines is 2. The molecule has 60 heavy (non-hydrogen) atoms. The van der Waals surface area contributed by atoms with Gasteiger partial charge in [-0.3, -0.25) is 24.1 Å². The van der Waals surface area contributed by atoms with Gasteiger partial charge in [0.1, 0.15) is 24.2 Å². The van der Waals surface area contributed by atoms with E-state index in [1.807, 2.05) is 55.4 Å². The van der Waals surface area contributed by atoms with Crippen LogP contribution >= 0.6 is 0 Å². The highest BCUT2D eigenvalue weighted by Gasteiger charge is 2.40. The molecule has 4 aromatic carbocycles. The Hall–Kier alpha value is -6.54. The van der Waals surface area contributed by atoms with Crippen molar-refractivity contribution in [2.75, 3.05) is 37.8 Å². The van der Waals surface area contributed by atoms with Crippen LogP contribution in [0.25, 0.3) is 22.2 Å². The number of hydrogen-bond acceptors (Lipinski definition) is 7. The summed E-state index contributed by atoms with van der Waals surface area (Å²) in [6.45, 7) is 4.24. The lowest BCUT2D eigenvalue weighted by Gasteiger charge is -2.31. The predicted octanol–water partition coefficient (Wildman–Crippen LogP) is 7.01. The van der Waals surface area contributed by atoms with Crippen molar-refractivity contribution in [1.82, 2.24) is 25.0 Å². The number of H-pyrrole nitrogens is 1. The first-order valence-electron chi connectivity index (χ1n) is 20.3. The predicted molar refractivity (Wildman–Crippen MR) is 227 cm³/mol. The monoisotopic (exact) mass is 815 g/mol. The lowest BCUT2D eigenvalue weighted by molar-refractivity contribution is -0.140. The van der Waals surface area contributed by atoms with Gasteiger partial charge in [-0.05, 0) is 95.1 Å². The van der Waals surface area contributed by atoms with Crippen molar-refractivity contribution in [2.24, 2.45) is 0 Å². The molecule has 1 aromatic heterocycles. The number of hydrogen-bond donors (Lipinski definition) is 4. The Morgan fingerprint density at radius 3 is 1.87 bits per heavy atom. The Morgan fingerprint density at radius 1 is 0.733 bits per heavy atom. The number of nitrogens with zero attached hydrogens (tertiary/aromatic N) is 3. The Morgan fingerprint density at radius 2 is 1.28 bits per heavy atom. The molecule has 4 atom stereocenters. The summed E-state index contributed by atoms with van der Waals surface area (Å²) in [5, 5.41) is 8.77. The molecule has 14 heteroatoms. The first-order chi connectivity index (χ1) is 28.9. The van der Waals surface area contributed by atoms with E-state index in [4.69, 9.17) is 4.74 Å². The minimum atomic E-state index is -1.04. The van der Waals surface area contributed by atoms with Crippen LogP contribution < -0.4 is 16.0 Å². The minimum absolute atomic E-state index is 0.145. The van der Waals surface area contributed by atoms with E-state index in [0.29, 0.717) is 66.8 Å². The number of fused-ring (bicyclic) bond motifs is 1. The van der Waals surface area contributed by atoms with Gasteiger partial charge in [-0.25, -0.2) is 9.18 Å². The zero-order valence-electron chi connectivity index (χ0n) is 34.1. The van der Waals surface area contributed by atoms with Crippen LogP contribution in [0.15, 0.2) is 103 Å². The summed E-state index contributed by atoms with van der Waals surface area (Å²) in [5.74, 6) is -1.78. The second kappa shape index (κ2) is 18.2. The number of rotatable bonds is 12. The van der Waals surface area contributed by atoms with Crippen molar-refractivity contribution in [1.29, 1.82) is 0 Å². The van der Waals surface area contributed by atoms with Gasteiger partial charge < -0.3 is 35.5 Å². The number of nitrogens with one attached hydrogen (secondary N) is 4. The molecular formula is C46H50FN7O6. The third-order valence-corrected chi connectivity index (χ3v) is 11.0. The molecule has 3 heterocycles. The van der Waals surface area contributed by atoms with E-state index in [-0.39, 0.29) is 34.9 Å². The van der Waals surface area contributed by atoms with Gasteiger partial charge in [0.05, 0.1) is 11.8 Å². The van der Waals surface area contributed by atoms with Gasteiger partial charge in [0.2, 0.25) is 17.7 Å². The molecule has 4 N–H and O–H groups in total. The fraction of sp³-hybridized carbons (Fsp3) is 0.326. The largest absolute Gasteiger partial charge is 0.447 e. The van der Waals surface area contributed by atoms with Crippen LogP contribution in [0.1, 0.15) is 62.7 Å². The molecule has 0 spiro atoms. The standard InChI is InChI=1S/C46H50FN7O6/c1-28(2)60-46(59)51-40(29-13-7-5-8-14-29)44(57)53-25-11-17-36(53)42(55)48-32-21-19-30(20-22-32)39-38(47)34-27-33(23-24-35(34)50-39)49-43(56)37-18-12-26-54(37)45(58)41(52(3)4)31-15-9-6-10-16-31/h5-10,13-16,19-24,27-28,36-37,40-41,50H,11-12,17-18,25-26H2,1-4H3,(H,48,55)(H,49,56)(H,51,59)/t36-,37-,40+,41+/m0/s1. The van der Waals surface area contributed by atoms with Crippen LogP contribution in [0.3, 0.4) is 0 Å². The lowest BCUT2D eigenvalue weighted by Crippen LogP contribution is -2.48. The van der Waals surface area contributed by atoms with E-state index in [1.54, 1.807) is 85.5 Å². The van der Waals surface area contributed by atoms with Crippen LogP contribution in [0.4, 0.5) is 20.6 Å². The normalized spacial score (nSPS) is 17.4. The first-order valence-corrected chi connectivity index (χ1v) is 20.3. The second-order valence-electron chi connectivity index (χ2n) is 15.7. The van der Waals surface area contributed by atoms with Gasteiger partial charge in [0.25, 0.3) is 5.91 Å². The average molecular weight is 816 g/mol. The zero-order valence-corrected chi connectivity index (χ0v) is 34.1. The van der Waals surface area contributed by atoms with Crippen LogP contribution in [-0.4, -0.2) is 94.8 Å². The summed E-state index contributed by atoms with van der Waals surface area (Å²) in [4.78, 5) is 75.6. The quantitative estimate of drug-likeness (QED) is 0.106. The molecule has 7 rings (SSSR count). The number of likely N-dealkylation sites (tertiary alicyclic amines) is 2. The number of amides is 5. The van der Waals surface area contributed by atoms with E-state index < -0.39 is 42.0 Å². The maximum absolute atomic E-state index is 16.0. The van der Waals surface area contributed by atoms with Gasteiger partial charge in [-0.2, -0.15) is 0 Å². The molecule has 0 bridgehead atoms. The third kappa shape index (κ3) is 9.03. The van der Waals surface area contributed by atoms with Crippen LogP contribution in [0.2, 0.25) is 0 Å². The molecule has 2 aliphatic heterocycles. The first kappa shape index (κ1) is 41.6. The van der Waals surface area contributed by atoms with Crippen molar-refractivity contribution >= 4 is 52.0 Å². The molecular weight excluding hydrogens is 766 g/mol. The summed E-state index contributed by atoms with van der Waals surface area (Å²) in [6.07, 6.45) is 1.15. The fourth-order valence-electron chi connectivity index (χ4n) is 8.13. The van der Waals surface area contributed by atoms with Gasteiger partial charge >= 0.3 is 6.09 Å². The number of likely N-dealkylation sites (N-methyl/N-ethyl adjacent to an activating group) is 1. The van der Waals surface area contributed by atoms with E-state index in [2.05, 4.69) is 20.9 Å². The molecule has 0 unspecified atom stereocenters. The SMILES string of the molecule is CC(C)OC(=O)N[C@@H](C(=O)N1CCC[C@H]1C(=O)Nc1ccc(-c2[nH]c3ccc(NC(=O)[C@@H]4CCCN4C(=O)[C@@H](c4ccccc4)N(C)C)cc3c2F)cc1)c1ccccc1. The Bertz CT molecular complexity index is 2350. The number of carbonyl (C=O) groups is 5. The average Bonchev–Trinajstić information content (AvgIpc) is 4.00. The number of aromatic nitrogens is 1. The molecule has 13 nitrogen and oxygen atoms in total. The Balaban J connectivity index is 1.01. The maximum Gasteiger partial charge on any atom is 0.408 e. The van der Waals surface area contributed by atoms with Crippen molar-refractivity contribution in [2.45, 2.75) is 69.8 Å². The number of halogens is 1. The Kier molecular flexibility index (Phi) is 12.6. The van der Waals surface area contributed by atoms with Crippen LogP contribution in [0.5, 0.6) is 0 Å². The molecule has 2 saturated heterocycles. The van der Waals surface area contributed by atoms with Crippen LogP contribution in [-0.2, 0) is 23.9 Å². The number of aromatic amines is 1. The molecule has 2 fully saturated rings. The molecule has 5 aromatic rings. The molecule has 0 saturated carbocycles. The minimum Gasteiger partial charge on any atom is -0.447 e. The highest BCUT2D eigenvalue weighted by molar-refractivity contribution is 6.01. The maximum atomic E-state index is 16.0. The summed E-state index contributed by atoms with van der Waals surface area (Å²) in [5.41, 5.74) is 3.57. The number of benzene rings is 4. The lowest BCUT2D eigenvalue weighted by atomic mass is 10.0. The second-order valence-corrected chi connectivity index (χ2v) is 15.7. The highest BCUT2D eigenvalue weighted by atomic mass is 19.1. The summed E-state index contributed by atoms with van der Waals surface area (Å²) in [7, 11) is 3.69. The zero-order chi connectivity index (χ0) is 42.5. The number of ether oxygens (including phenoxy) is 1. The van der Waals surface area contributed by atoms with E-state index in [0.717, 1.165) is 5.56 Å². The smallest absolute Gasteiger partial charge is 0.408 e. The molecule has 5 amide bonds. The topological polar surface area (TPSA) is 156 Å². The van der Waals surface area contributed by atoms with E-state index in [1.165, 1.54) is 4.90 Å². The van der Waals surface area contributed by atoms with Gasteiger partial charge in [-0.15, -0.1) is 0 Å². The van der Waals surface area contributed by atoms with E-state index >= 15 is 4.39 Å². The number of alkyl carbamates (subject to hydrolysis) is 1. The summed E-state index contributed by atoms with van der Waals surface area (Å²) < 4.78 is 21.3. The highest BCUT2D eigenvalue weighted by Crippen LogP contribution is 2.33. The summed E-state index contributed by atoms with van der Waals surface area (Å²) in [6, 6.07) is 26.9. The van der Waals surface area contributed by atoms with E-state index in [9.17, 15) is 24.0 Å². The van der Waals surface area contributed by atoms with Crippen molar-refractivity contribution in [3.8, 4) is 11.3 Å². The Labute approximate surface area is 348 Å². The fourth-order valence-corrected chi connectivity index (χ4v) is 8.13. The van der Waals surface area contributed by atoms with Crippen molar-refractivity contribution < 1.29 is 33.1 Å². The van der Waals surface area contributed by atoms with Gasteiger partial charge in [0, 0.05) is 40.9 Å².